The van der Waals surface area contributed by atoms with Crippen LogP contribution in [0.25, 0.3) is 0 Å². The van der Waals surface area contributed by atoms with Crippen molar-refractivity contribution in [3.8, 4) is 0 Å². The molecule has 1 aliphatic rings. The van der Waals surface area contributed by atoms with E-state index < -0.39 is 5.97 Å². The molecule has 0 bridgehead atoms. The third kappa shape index (κ3) is 3.50. The van der Waals surface area contributed by atoms with E-state index >= 15 is 0 Å². The number of carboxylic acid groups (broad SMARTS) is 1. The Labute approximate surface area is 113 Å². The van der Waals surface area contributed by atoms with E-state index in [2.05, 4.69) is 15.5 Å². The zero-order valence-corrected chi connectivity index (χ0v) is 10.9. The molecule has 0 saturated heterocycles. The number of carboxylic acids is 1. The van der Waals surface area contributed by atoms with Crippen LogP contribution < -0.4 is 5.32 Å². The highest BCUT2D eigenvalue weighted by atomic mass is 32.1. The number of nitrogens with zero attached hydrogens (tertiary/aromatic N) is 2. The average Bonchev–Trinajstić information content (AvgIpc) is 3.01. The number of rotatable bonds is 6. The second-order valence-corrected chi connectivity index (χ2v) is 4.92. The molecule has 1 amide bonds. The summed E-state index contributed by atoms with van der Waals surface area (Å²) in [6.07, 6.45) is 4.41. The number of hydrogen-bond acceptors (Lipinski definition) is 6. The molecule has 0 spiro atoms. The quantitative estimate of drug-likeness (QED) is 0.467. The lowest BCUT2D eigenvalue weighted by Crippen LogP contribution is -2.17. The number of oxime groups is 1. The summed E-state index contributed by atoms with van der Waals surface area (Å²) in [6, 6.07) is 0. The van der Waals surface area contributed by atoms with Gasteiger partial charge in [0.15, 0.2) is 5.13 Å². The third-order valence-corrected chi connectivity index (χ3v) is 3.50. The molecular weight excluding hydrogens is 270 g/mol. The van der Waals surface area contributed by atoms with Crippen LogP contribution in [0.5, 0.6) is 0 Å². The fourth-order valence-corrected chi connectivity index (χ4v) is 2.47. The Kier molecular flexibility index (Phi) is 4.45. The fraction of sp³-hybridized carbons (Fsp3) is 0.455. The van der Waals surface area contributed by atoms with Gasteiger partial charge in [-0.15, -0.1) is 11.3 Å². The van der Waals surface area contributed by atoms with Crippen molar-refractivity contribution in [1.29, 1.82) is 0 Å². The van der Waals surface area contributed by atoms with Crippen LogP contribution in [0, 0.1) is 0 Å². The van der Waals surface area contributed by atoms with Crippen molar-refractivity contribution in [2.45, 2.75) is 31.8 Å². The molecule has 1 saturated carbocycles. The molecule has 2 N–H and O–H groups in total. The third-order valence-electron chi connectivity index (χ3n) is 2.73. The van der Waals surface area contributed by atoms with Crippen molar-refractivity contribution >= 4 is 34.6 Å². The van der Waals surface area contributed by atoms with Crippen molar-refractivity contribution in [2.24, 2.45) is 5.16 Å². The molecule has 1 heterocycles. The van der Waals surface area contributed by atoms with Crippen LogP contribution in [-0.4, -0.2) is 34.3 Å². The minimum Gasteiger partial charge on any atom is -0.476 e. The normalized spacial score (nSPS) is 16.3. The van der Waals surface area contributed by atoms with E-state index in [4.69, 9.17) is 9.94 Å². The van der Waals surface area contributed by atoms with Crippen LogP contribution in [0.1, 0.15) is 31.4 Å². The molecule has 0 radical (unpaired) electrons. The van der Waals surface area contributed by atoms with Crippen LogP contribution in [0.2, 0.25) is 0 Å². The van der Waals surface area contributed by atoms with Gasteiger partial charge in [0, 0.05) is 5.38 Å². The Morgan fingerprint density at radius 3 is 2.95 bits per heavy atom. The topological polar surface area (TPSA) is 101 Å². The van der Waals surface area contributed by atoms with Crippen LogP contribution in [0.3, 0.4) is 0 Å². The predicted molar refractivity (Wildman–Crippen MR) is 69.3 cm³/mol. The zero-order chi connectivity index (χ0) is 13.7. The maximum Gasteiger partial charge on any atom is 0.360 e. The summed E-state index contributed by atoms with van der Waals surface area (Å²) in [5.41, 5.74) is -0.0676. The van der Waals surface area contributed by atoms with E-state index in [-0.39, 0.29) is 17.5 Å². The Hall–Kier alpha value is -1.96. The molecule has 2 rings (SSSR count). The first-order valence-corrected chi connectivity index (χ1v) is 6.72. The van der Waals surface area contributed by atoms with Crippen LogP contribution in [0.15, 0.2) is 10.5 Å². The summed E-state index contributed by atoms with van der Waals surface area (Å²) < 4.78 is 0. The summed E-state index contributed by atoms with van der Waals surface area (Å²) >= 11 is 1.12. The summed E-state index contributed by atoms with van der Waals surface area (Å²) in [7, 11) is 0. The van der Waals surface area contributed by atoms with Crippen LogP contribution in [0.4, 0.5) is 5.13 Å². The number of carbonyl (C=O) groups excluding carboxylic acids is 1. The molecular formula is C11H13N3O4S. The van der Waals surface area contributed by atoms with E-state index in [1.807, 2.05) is 0 Å². The van der Waals surface area contributed by atoms with Crippen LogP contribution >= 0.6 is 11.3 Å². The van der Waals surface area contributed by atoms with Crippen molar-refractivity contribution in [3.63, 3.8) is 0 Å². The first-order chi connectivity index (χ1) is 9.20. The maximum atomic E-state index is 11.1. The number of aliphatic carboxylic acids is 1. The molecule has 8 heteroatoms. The molecule has 1 aromatic heterocycles. The molecule has 0 atom stereocenters. The summed E-state index contributed by atoms with van der Waals surface area (Å²) in [5, 5.41) is 17.0. The van der Waals surface area contributed by atoms with Gasteiger partial charge in [-0.1, -0.05) is 5.16 Å². The largest absolute Gasteiger partial charge is 0.476 e. The van der Waals surface area contributed by atoms with E-state index in [9.17, 15) is 9.59 Å². The Morgan fingerprint density at radius 1 is 1.58 bits per heavy atom. The number of aromatic nitrogens is 1. The van der Waals surface area contributed by atoms with Gasteiger partial charge in [0.25, 0.3) is 0 Å². The van der Waals surface area contributed by atoms with Crippen LogP contribution in [-0.2, 0) is 14.4 Å². The molecule has 1 fully saturated rings. The number of amides is 1. The average molecular weight is 283 g/mol. The predicted octanol–water partition coefficient (Wildman–Crippen LogP) is 1.46. The monoisotopic (exact) mass is 283 g/mol. The van der Waals surface area contributed by atoms with Gasteiger partial charge >= 0.3 is 5.97 Å². The van der Waals surface area contributed by atoms with Gasteiger partial charge in [-0.3, -0.25) is 4.79 Å². The number of hydrogen-bond donors (Lipinski definition) is 2. The van der Waals surface area contributed by atoms with Crippen molar-refractivity contribution in [3.05, 3.63) is 11.1 Å². The lowest BCUT2D eigenvalue weighted by atomic mass is 10.3. The maximum absolute atomic E-state index is 11.1. The lowest BCUT2D eigenvalue weighted by Gasteiger charge is -2.06. The second-order valence-electron chi connectivity index (χ2n) is 4.06. The molecule has 0 aliphatic heterocycles. The molecule has 102 valence electrons. The van der Waals surface area contributed by atoms with Gasteiger partial charge in [0.05, 0.1) is 0 Å². The Morgan fingerprint density at radius 2 is 2.32 bits per heavy atom. The summed E-state index contributed by atoms with van der Waals surface area (Å²) in [4.78, 5) is 30.6. The number of nitrogens with one attached hydrogen (secondary N) is 1. The zero-order valence-electron chi connectivity index (χ0n) is 10.0. The Balaban J connectivity index is 2.11. The highest BCUT2D eigenvalue weighted by Crippen LogP contribution is 2.22. The second kappa shape index (κ2) is 6.28. The molecule has 1 aromatic rings. The van der Waals surface area contributed by atoms with Gasteiger partial charge in [-0.05, 0) is 25.7 Å². The number of carbonyl (C=O) groups is 2. The molecule has 1 aliphatic carbocycles. The van der Waals surface area contributed by atoms with Gasteiger partial charge in [0.1, 0.15) is 11.8 Å². The van der Waals surface area contributed by atoms with Gasteiger partial charge in [0.2, 0.25) is 12.1 Å². The van der Waals surface area contributed by atoms with E-state index in [1.54, 1.807) is 0 Å². The minimum absolute atomic E-state index is 0.0134. The first-order valence-electron chi connectivity index (χ1n) is 5.84. The summed E-state index contributed by atoms with van der Waals surface area (Å²) in [5.74, 6) is -1.21. The first kappa shape index (κ1) is 13.5. The fourth-order valence-electron chi connectivity index (χ4n) is 1.82. The van der Waals surface area contributed by atoms with Gasteiger partial charge in [-0.25, -0.2) is 9.78 Å². The molecule has 7 nitrogen and oxygen atoms in total. The SMILES string of the molecule is O=CNc1nc(/C(=N\OC2CCCC2)C(=O)O)cs1. The van der Waals surface area contributed by atoms with E-state index in [0.29, 0.717) is 11.5 Å². The van der Waals surface area contributed by atoms with E-state index in [1.165, 1.54) is 5.38 Å². The lowest BCUT2D eigenvalue weighted by molar-refractivity contribution is -0.129. The highest BCUT2D eigenvalue weighted by Gasteiger charge is 2.20. The minimum atomic E-state index is -1.21. The number of thiazole rings is 1. The van der Waals surface area contributed by atoms with Crippen molar-refractivity contribution in [1.82, 2.24) is 4.98 Å². The van der Waals surface area contributed by atoms with Gasteiger partial charge < -0.3 is 15.3 Å². The smallest absolute Gasteiger partial charge is 0.360 e. The summed E-state index contributed by atoms with van der Waals surface area (Å²) in [6.45, 7) is 0. The number of anilines is 1. The van der Waals surface area contributed by atoms with Crippen molar-refractivity contribution < 1.29 is 19.5 Å². The van der Waals surface area contributed by atoms with Crippen molar-refractivity contribution in [2.75, 3.05) is 5.32 Å². The Bertz CT molecular complexity index is 494. The molecule has 0 aromatic carbocycles. The standard InChI is InChI=1S/C11H13N3O4S/c15-6-12-11-13-8(5-19-11)9(10(16)17)14-18-7-3-1-2-4-7/h5-7H,1-4H2,(H,16,17)(H,12,13,15)/b14-9+. The van der Waals surface area contributed by atoms with Gasteiger partial charge in [-0.2, -0.15) is 0 Å². The molecule has 19 heavy (non-hydrogen) atoms. The van der Waals surface area contributed by atoms with E-state index in [0.717, 1.165) is 37.0 Å². The highest BCUT2D eigenvalue weighted by molar-refractivity contribution is 7.14. The molecule has 0 unspecified atom stereocenters.